The topological polar surface area (TPSA) is 108 Å². The Morgan fingerprint density at radius 1 is 1.09 bits per heavy atom. The number of ether oxygens (including phenoxy) is 2. The molecule has 2 rings (SSSR count). The number of hydrogen-bond acceptors (Lipinski definition) is 7. The third-order valence-electron chi connectivity index (χ3n) is 3.66. The van der Waals surface area contributed by atoms with E-state index in [0.717, 1.165) is 6.42 Å². The van der Waals surface area contributed by atoms with Crippen LogP contribution in [0.25, 0.3) is 0 Å². The average molecular weight is 325 g/mol. The molecule has 0 amide bonds. The molecule has 1 heterocycles. The third-order valence-corrected chi connectivity index (χ3v) is 3.66. The number of anilines is 1. The van der Waals surface area contributed by atoms with Gasteiger partial charge in [-0.2, -0.15) is 0 Å². The molecule has 1 fully saturated rings. The summed E-state index contributed by atoms with van der Waals surface area (Å²) in [5, 5.41) is 22.9. The van der Waals surface area contributed by atoms with Gasteiger partial charge in [0.25, 0.3) is 11.4 Å². The van der Waals surface area contributed by atoms with Crippen LogP contribution in [-0.2, 0) is 9.47 Å². The van der Waals surface area contributed by atoms with E-state index in [0.29, 0.717) is 31.9 Å². The first-order valence-corrected chi connectivity index (χ1v) is 7.44. The minimum absolute atomic E-state index is 0.0181. The maximum Gasteiger partial charge on any atom is 0.300 e. The molecule has 0 unspecified atom stereocenters. The van der Waals surface area contributed by atoms with Gasteiger partial charge in [0.1, 0.15) is 0 Å². The van der Waals surface area contributed by atoms with Crippen LogP contribution in [-0.4, -0.2) is 36.1 Å². The fraction of sp³-hybridized carbons (Fsp3) is 0.571. The Balaban J connectivity index is 2.60. The molecule has 1 aliphatic heterocycles. The van der Waals surface area contributed by atoms with Crippen LogP contribution < -0.4 is 4.90 Å². The highest BCUT2D eigenvalue weighted by Gasteiger charge is 2.32. The second-order valence-electron chi connectivity index (χ2n) is 5.02. The zero-order valence-corrected chi connectivity index (χ0v) is 13.1. The first kappa shape index (κ1) is 17.1. The summed E-state index contributed by atoms with van der Waals surface area (Å²) in [7, 11) is 0. The normalized spacial score (nSPS) is 15.4. The number of nitrogens with zero attached hydrogens (tertiary/aromatic N) is 3. The third kappa shape index (κ3) is 3.57. The summed E-state index contributed by atoms with van der Waals surface area (Å²) in [5.74, 6) is 0. The van der Waals surface area contributed by atoms with E-state index in [1.54, 1.807) is 18.7 Å². The lowest BCUT2D eigenvalue weighted by Gasteiger charge is -2.25. The molecule has 0 aromatic heterocycles. The molecular weight excluding hydrogens is 306 g/mol. The minimum Gasteiger partial charge on any atom is -0.361 e. The van der Waals surface area contributed by atoms with Gasteiger partial charge in [0.2, 0.25) is 0 Å². The van der Waals surface area contributed by atoms with Crippen LogP contribution in [0.4, 0.5) is 17.1 Å². The molecule has 1 aromatic carbocycles. The average Bonchev–Trinajstić information content (AvgIpc) is 2.56. The molecule has 9 heteroatoms. The van der Waals surface area contributed by atoms with E-state index < -0.39 is 16.1 Å². The van der Waals surface area contributed by atoms with E-state index >= 15 is 0 Å². The van der Waals surface area contributed by atoms with E-state index in [9.17, 15) is 20.2 Å². The predicted octanol–water partition coefficient (Wildman–Crippen LogP) is 2.78. The first-order chi connectivity index (χ1) is 11.0. The van der Waals surface area contributed by atoms with Gasteiger partial charge in [-0.15, -0.1) is 0 Å². The quantitative estimate of drug-likeness (QED) is 0.584. The highest BCUT2D eigenvalue weighted by atomic mass is 16.7. The molecular formula is C14H19N3O6. The number of benzene rings is 1. The van der Waals surface area contributed by atoms with Gasteiger partial charge < -0.3 is 14.4 Å². The highest BCUT2D eigenvalue weighted by Crippen LogP contribution is 2.41. The molecule has 0 N–H and O–H groups in total. The van der Waals surface area contributed by atoms with Crippen molar-refractivity contribution in [1.29, 1.82) is 0 Å². The summed E-state index contributed by atoms with van der Waals surface area (Å²) in [6.07, 6.45) is -0.0926. The van der Waals surface area contributed by atoms with Gasteiger partial charge in [0.05, 0.1) is 23.1 Å². The lowest BCUT2D eigenvalue weighted by molar-refractivity contribution is -0.393. The van der Waals surface area contributed by atoms with Crippen LogP contribution in [0, 0.1) is 20.2 Å². The molecule has 23 heavy (non-hydrogen) atoms. The van der Waals surface area contributed by atoms with Crippen molar-refractivity contribution >= 4 is 17.1 Å². The summed E-state index contributed by atoms with van der Waals surface area (Å²) in [6.45, 7) is 5.33. The van der Waals surface area contributed by atoms with E-state index in [2.05, 4.69) is 0 Å². The van der Waals surface area contributed by atoms with Crippen molar-refractivity contribution < 1.29 is 19.3 Å². The molecule has 0 bridgehead atoms. The van der Waals surface area contributed by atoms with Crippen LogP contribution in [0.2, 0.25) is 0 Å². The molecule has 0 saturated carbocycles. The van der Waals surface area contributed by atoms with E-state index in [1.165, 1.54) is 12.1 Å². The Morgan fingerprint density at radius 2 is 1.57 bits per heavy atom. The van der Waals surface area contributed by atoms with Crippen LogP contribution in [0.3, 0.4) is 0 Å². The summed E-state index contributed by atoms with van der Waals surface area (Å²) in [6, 6.07) is 2.60. The molecule has 0 aliphatic carbocycles. The number of rotatable bonds is 6. The van der Waals surface area contributed by atoms with Crippen molar-refractivity contribution in [3.05, 3.63) is 37.9 Å². The molecule has 0 spiro atoms. The zero-order chi connectivity index (χ0) is 17.0. The Morgan fingerprint density at radius 3 is 1.96 bits per heavy atom. The van der Waals surface area contributed by atoms with Crippen molar-refractivity contribution in [2.75, 3.05) is 31.2 Å². The fourth-order valence-electron chi connectivity index (χ4n) is 2.58. The Labute approximate surface area is 133 Å². The van der Waals surface area contributed by atoms with Crippen molar-refractivity contribution in [3.8, 4) is 0 Å². The van der Waals surface area contributed by atoms with Crippen molar-refractivity contribution in [3.63, 3.8) is 0 Å². The SMILES string of the molecule is CCN(CC)c1c([N+](=O)[O-])cc(C2OCCCO2)cc1[N+](=O)[O-]. The van der Waals surface area contributed by atoms with Gasteiger partial charge in [-0.25, -0.2) is 0 Å². The lowest BCUT2D eigenvalue weighted by Crippen LogP contribution is -2.24. The molecule has 1 aromatic rings. The van der Waals surface area contributed by atoms with Crippen LogP contribution in [0.5, 0.6) is 0 Å². The van der Waals surface area contributed by atoms with E-state index in [4.69, 9.17) is 9.47 Å². The zero-order valence-electron chi connectivity index (χ0n) is 13.1. The Bertz CT molecular complexity index is 561. The number of nitro groups is 2. The standard InChI is InChI=1S/C14H19N3O6/c1-3-15(4-2)13-11(16(18)19)8-10(9-12(13)17(20)21)14-22-6-5-7-23-14/h8-9,14H,3-7H2,1-2H3. The second kappa shape index (κ2) is 7.34. The summed E-state index contributed by atoms with van der Waals surface area (Å²) in [5.41, 5.74) is -0.310. The van der Waals surface area contributed by atoms with Crippen molar-refractivity contribution in [2.24, 2.45) is 0 Å². The predicted molar refractivity (Wildman–Crippen MR) is 82.6 cm³/mol. The van der Waals surface area contributed by atoms with Gasteiger partial charge >= 0.3 is 0 Å². The Kier molecular flexibility index (Phi) is 5.45. The summed E-state index contributed by atoms with van der Waals surface area (Å²) in [4.78, 5) is 23.3. The molecule has 126 valence electrons. The molecule has 9 nitrogen and oxygen atoms in total. The molecule has 0 radical (unpaired) electrons. The molecule has 1 saturated heterocycles. The minimum atomic E-state index is -0.813. The number of hydrogen-bond donors (Lipinski definition) is 0. The molecule has 1 aliphatic rings. The number of nitro benzene ring substituents is 2. The highest BCUT2D eigenvalue weighted by molar-refractivity contribution is 5.76. The first-order valence-electron chi connectivity index (χ1n) is 7.44. The van der Waals surface area contributed by atoms with E-state index in [1.807, 2.05) is 0 Å². The van der Waals surface area contributed by atoms with Crippen molar-refractivity contribution in [1.82, 2.24) is 0 Å². The maximum atomic E-state index is 11.4. The van der Waals surface area contributed by atoms with Gasteiger partial charge in [-0.3, -0.25) is 20.2 Å². The van der Waals surface area contributed by atoms with Crippen LogP contribution in [0.1, 0.15) is 32.1 Å². The monoisotopic (exact) mass is 325 g/mol. The second-order valence-corrected chi connectivity index (χ2v) is 5.02. The molecule has 0 atom stereocenters. The van der Waals surface area contributed by atoms with E-state index in [-0.39, 0.29) is 17.1 Å². The van der Waals surface area contributed by atoms with Gasteiger partial charge in [0.15, 0.2) is 12.0 Å². The van der Waals surface area contributed by atoms with Gasteiger partial charge in [-0.05, 0) is 20.3 Å². The largest absolute Gasteiger partial charge is 0.361 e. The summed E-state index contributed by atoms with van der Waals surface area (Å²) >= 11 is 0. The summed E-state index contributed by atoms with van der Waals surface area (Å²) < 4.78 is 10.8. The van der Waals surface area contributed by atoms with Crippen molar-refractivity contribution in [2.45, 2.75) is 26.6 Å². The smallest absolute Gasteiger partial charge is 0.300 e. The van der Waals surface area contributed by atoms with Gasteiger partial charge in [-0.1, -0.05) is 0 Å². The lowest BCUT2D eigenvalue weighted by atomic mass is 10.1. The fourth-order valence-corrected chi connectivity index (χ4v) is 2.58. The van der Waals surface area contributed by atoms with Gasteiger partial charge in [0, 0.05) is 30.8 Å². The maximum absolute atomic E-state index is 11.4. The van der Waals surface area contributed by atoms with Crippen LogP contribution >= 0.6 is 0 Å². The Hall–Kier alpha value is -2.26. The van der Waals surface area contributed by atoms with Crippen LogP contribution in [0.15, 0.2) is 12.1 Å².